The number of carbonyl (C=O) groups is 1. The third kappa shape index (κ3) is 4.27. The van der Waals surface area contributed by atoms with Crippen molar-refractivity contribution in [1.82, 2.24) is 20.4 Å². The standard InChI is InChI=1S/C19H26N4O3/c1-12(2)17-22-19(26-23-17)16(14-6-9-25-10-7-14)21-18(24)13(3)15-5-4-8-20-11-15/h4-5,8,11-14,16H,6-7,9-10H2,1-3H3,(H,21,24)/t13-,16-/m0/s1. The summed E-state index contributed by atoms with van der Waals surface area (Å²) in [5.41, 5.74) is 0.879. The van der Waals surface area contributed by atoms with Crippen molar-refractivity contribution >= 4 is 5.91 Å². The molecule has 140 valence electrons. The van der Waals surface area contributed by atoms with E-state index in [0.717, 1.165) is 18.4 Å². The van der Waals surface area contributed by atoms with E-state index in [1.165, 1.54) is 0 Å². The van der Waals surface area contributed by atoms with Crippen LogP contribution in [0, 0.1) is 5.92 Å². The largest absolute Gasteiger partial charge is 0.381 e. The highest BCUT2D eigenvalue weighted by Crippen LogP contribution is 2.31. The number of nitrogens with one attached hydrogen (secondary N) is 1. The van der Waals surface area contributed by atoms with Gasteiger partial charge in [0.2, 0.25) is 11.8 Å². The third-order valence-corrected chi connectivity index (χ3v) is 4.85. The number of pyridine rings is 1. The van der Waals surface area contributed by atoms with Gasteiger partial charge in [-0.15, -0.1) is 0 Å². The molecule has 0 bridgehead atoms. The molecule has 0 radical (unpaired) electrons. The average Bonchev–Trinajstić information content (AvgIpc) is 3.17. The molecule has 7 nitrogen and oxygen atoms in total. The van der Waals surface area contributed by atoms with Gasteiger partial charge in [-0.25, -0.2) is 0 Å². The molecule has 3 rings (SSSR count). The summed E-state index contributed by atoms with van der Waals surface area (Å²) in [5.74, 6) is 1.15. The Morgan fingerprint density at radius 3 is 2.65 bits per heavy atom. The van der Waals surface area contributed by atoms with Gasteiger partial charge in [0.25, 0.3) is 0 Å². The highest BCUT2D eigenvalue weighted by molar-refractivity contribution is 5.83. The zero-order valence-corrected chi connectivity index (χ0v) is 15.5. The van der Waals surface area contributed by atoms with Gasteiger partial charge >= 0.3 is 0 Å². The number of ether oxygens (including phenoxy) is 1. The minimum atomic E-state index is -0.307. The maximum absolute atomic E-state index is 12.9. The van der Waals surface area contributed by atoms with Crippen molar-refractivity contribution in [1.29, 1.82) is 0 Å². The molecule has 2 aromatic heterocycles. The van der Waals surface area contributed by atoms with Crippen LogP contribution in [0.2, 0.25) is 0 Å². The van der Waals surface area contributed by atoms with E-state index >= 15 is 0 Å². The molecule has 1 amide bonds. The molecule has 0 unspecified atom stereocenters. The lowest BCUT2D eigenvalue weighted by molar-refractivity contribution is -0.124. The first-order chi connectivity index (χ1) is 12.6. The smallest absolute Gasteiger partial charge is 0.249 e. The van der Waals surface area contributed by atoms with E-state index in [1.54, 1.807) is 12.4 Å². The zero-order chi connectivity index (χ0) is 18.5. The molecule has 1 fully saturated rings. The Bertz CT molecular complexity index is 711. The molecule has 1 N–H and O–H groups in total. The average molecular weight is 358 g/mol. The molecule has 7 heteroatoms. The number of aromatic nitrogens is 3. The van der Waals surface area contributed by atoms with Crippen LogP contribution in [0.5, 0.6) is 0 Å². The first-order valence-corrected chi connectivity index (χ1v) is 9.17. The normalized spacial score (nSPS) is 17.8. The summed E-state index contributed by atoms with van der Waals surface area (Å²) in [6.07, 6.45) is 5.12. The predicted molar refractivity (Wildman–Crippen MR) is 95.5 cm³/mol. The fraction of sp³-hybridized carbons (Fsp3) is 0.579. The van der Waals surface area contributed by atoms with Crippen LogP contribution in [-0.4, -0.2) is 34.2 Å². The highest BCUT2D eigenvalue weighted by Gasteiger charge is 2.33. The van der Waals surface area contributed by atoms with Gasteiger partial charge in [-0.1, -0.05) is 25.1 Å². The number of amides is 1. The number of hydrogen-bond donors (Lipinski definition) is 1. The van der Waals surface area contributed by atoms with Crippen LogP contribution in [0.4, 0.5) is 0 Å². The molecule has 2 aromatic rings. The molecule has 1 aliphatic rings. The molecule has 26 heavy (non-hydrogen) atoms. The van der Waals surface area contributed by atoms with E-state index in [9.17, 15) is 4.79 Å². The second-order valence-corrected chi connectivity index (χ2v) is 7.09. The van der Waals surface area contributed by atoms with E-state index in [2.05, 4.69) is 20.4 Å². The summed E-state index contributed by atoms with van der Waals surface area (Å²) >= 11 is 0. The van der Waals surface area contributed by atoms with Crippen molar-refractivity contribution in [3.05, 3.63) is 41.8 Å². The zero-order valence-electron chi connectivity index (χ0n) is 15.5. The van der Waals surface area contributed by atoms with Gasteiger partial charge in [0.1, 0.15) is 6.04 Å². The molecular formula is C19H26N4O3. The maximum Gasteiger partial charge on any atom is 0.249 e. The van der Waals surface area contributed by atoms with Gasteiger partial charge < -0.3 is 14.6 Å². The van der Waals surface area contributed by atoms with Crippen molar-refractivity contribution in [2.24, 2.45) is 5.92 Å². The topological polar surface area (TPSA) is 90.1 Å². The van der Waals surface area contributed by atoms with E-state index in [1.807, 2.05) is 32.9 Å². The second kappa shape index (κ2) is 8.40. The van der Waals surface area contributed by atoms with Gasteiger partial charge in [-0.2, -0.15) is 4.98 Å². The lowest BCUT2D eigenvalue weighted by atomic mass is 9.90. The van der Waals surface area contributed by atoms with E-state index in [0.29, 0.717) is 24.9 Å². The highest BCUT2D eigenvalue weighted by atomic mass is 16.5. The van der Waals surface area contributed by atoms with Crippen LogP contribution in [0.25, 0.3) is 0 Å². The fourth-order valence-corrected chi connectivity index (χ4v) is 3.10. The van der Waals surface area contributed by atoms with Crippen molar-refractivity contribution in [2.75, 3.05) is 13.2 Å². The van der Waals surface area contributed by atoms with E-state index in [4.69, 9.17) is 9.26 Å². The quantitative estimate of drug-likeness (QED) is 0.854. The molecule has 1 saturated heterocycles. The molecule has 0 aliphatic carbocycles. The first kappa shape index (κ1) is 18.5. The Hall–Kier alpha value is -2.28. The lowest BCUT2D eigenvalue weighted by Gasteiger charge is -2.29. The Kier molecular flexibility index (Phi) is 5.98. The van der Waals surface area contributed by atoms with Crippen LogP contribution >= 0.6 is 0 Å². The maximum atomic E-state index is 12.9. The van der Waals surface area contributed by atoms with Crippen molar-refractivity contribution in [3.8, 4) is 0 Å². The lowest BCUT2D eigenvalue weighted by Crippen LogP contribution is -2.38. The van der Waals surface area contributed by atoms with Crippen molar-refractivity contribution in [2.45, 2.75) is 51.5 Å². The van der Waals surface area contributed by atoms with E-state index < -0.39 is 0 Å². The Labute approximate surface area is 153 Å². The molecule has 0 saturated carbocycles. The number of hydrogen-bond acceptors (Lipinski definition) is 6. The van der Waals surface area contributed by atoms with Crippen LogP contribution in [0.3, 0.4) is 0 Å². The SMILES string of the molecule is CC(C)c1noc([C@@H](NC(=O)[C@@H](C)c2cccnc2)C2CCOCC2)n1. The fourth-order valence-electron chi connectivity index (χ4n) is 3.10. The minimum absolute atomic E-state index is 0.0706. The summed E-state index contributed by atoms with van der Waals surface area (Å²) in [6.45, 7) is 7.27. The number of rotatable bonds is 6. The molecule has 3 heterocycles. The van der Waals surface area contributed by atoms with Crippen molar-refractivity contribution < 1.29 is 14.1 Å². The number of nitrogens with zero attached hydrogens (tertiary/aromatic N) is 3. The van der Waals surface area contributed by atoms with Crippen LogP contribution < -0.4 is 5.32 Å². The van der Waals surface area contributed by atoms with Crippen molar-refractivity contribution in [3.63, 3.8) is 0 Å². The monoisotopic (exact) mass is 358 g/mol. The van der Waals surface area contributed by atoms with E-state index in [-0.39, 0.29) is 29.7 Å². The molecule has 2 atom stereocenters. The Morgan fingerprint density at radius 2 is 2.04 bits per heavy atom. The van der Waals surface area contributed by atoms with Gasteiger partial charge in [-0.3, -0.25) is 9.78 Å². The van der Waals surface area contributed by atoms with Gasteiger partial charge in [0.15, 0.2) is 5.82 Å². The van der Waals surface area contributed by atoms with Gasteiger partial charge in [0.05, 0.1) is 5.92 Å². The Balaban J connectivity index is 1.79. The van der Waals surface area contributed by atoms with Crippen LogP contribution in [-0.2, 0) is 9.53 Å². The molecule has 0 spiro atoms. The first-order valence-electron chi connectivity index (χ1n) is 9.17. The molecular weight excluding hydrogens is 332 g/mol. The van der Waals surface area contributed by atoms with Crippen LogP contribution in [0.15, 0.2) is 29.0 Å². The number of carbonyl (C=O) groups excluding carboxylic acids is 1. The molecule has 1 aliphatic heterocycles. The van der Waals surface area contributed by atoms with Gasteiger partial charge in [-0.05, 0) is 37.3 Å². The third-order valence-electron chi connectivity index (χ3n) is 4.85. The summed E-state index contributed by atoms with van der Waals surface area (Å²) in [6, 6.07) is 3.44. The van der Waals surface area contributed by atoms with Gasteiger partial charge in [0, 0.05) is 31.5 Å². The second-order valence-electron chi connectivity index (χ2n) is 7.09. The van der Waals surface area contributed by atoms with Crippen LogP contribution in [0.1, 0.15) is 68.8 Å². The summed E-state index contributed by atoms with van der Waals surface area (Å²) in [4.78, 5) is 21.5. The Morgan fingerprint density at radius 1 is 1.27 bits per heavy atom. The summed E-state index contributed by atoms with van der Waals surface area (Å²) < 4.78 is 11.0. The summed E-state index contributed by atoms with van der Waals surface area (Å²) in [7, 11) is 0. The minimum Gasteiger partial charge on any atom is -0.381 e. The molecule has 0 aromatic carbocycles. The summed E-state index contributed by atoms with van der Waals surface area (Å²) in [5, 5.41) is 7.20. The predicted octanol–water partition coefficient (Wildman–Crippen LogP) is 2.98.